The van der Waals surface area contributed by atoms with Gasteiger partial charge in [0.1, 0.15) is 0 Å². The molecule has 2 amide bonds. The molecule has 0 radical (unpaired) electrons. The summed E-state index contributed by atoms with van der Waals surface area (Å²) in [6, 6.07) is 15.3. The fraction of sp³-hybridized carbons (Fsp3) is 0.150. The van der Waals surface area contributed by atoms with E-state index in [9.17, 15) is 9.59 Å². The molecule has 0 bridgehead atoms. The molecule has 5 nitrogen and oxygen atoms in total. The van der Waals surface area contributed by atoms with Gasteiger partial charge in [-0.15, -0.1) is 23.1 Å². The number of benzene rings is 2. The molecule has 1 heterocycles. The zero-order valence-electron chi connectivity index (χ0n) is 15.0. The number of thiazole rings is 1. The van der Waals surface area contributed by atoms with Crippen LogP contribution in [-0.2, 0) is 11.3 Å². The molecule has 0 spiro atoms. The van der Waals surface area contributed by atoms with Crippen LogP contribution in [0.4, 0.5) is 5.13 Å². The van der Waals surface area contributed by atoms with Crippen molar-refractivity contribution in [3.05, 3.63) is 65.0 Å². The van der Waals surface area contributed by atoms with Crippen molar-refractivity contribution in [2.45, 2.75) is 18.4 Å². The second-order valence-electron chi connectivity index (χ2n) is 5.83. The van der Waals surface area contributed by atoms with Gasteiger partial charge in [0.15, 0.2) is 5.13 Å². The number of rotatable bonds is 6. The number of carbonyl (C=O) groups is 2. The molecule has 2 aromatic carbocycles. The molecule has 0 saturated carbocycles. The predicted octanol–water partition coefficient (Wildman–Crippen LogP) is 4.42. The van der Waals surface area contributed by atoms with Crippen molar-refractivity contribution in [3.8, 4) is 11.3 Å². The second kappa shape index (κ2) is 8.83. The van der Waals surface area contributed by atoms with E-state index < -0.39 is 0 Å². The Kier molecular flexibility index (Phi) is 6.26. The lowest BCUT2D eigenvalue weighted by molar-refractivity contribution is -0.119. The number of thioether (sulfide) groups is 1. The first kappa shape index (κ1) is 19.1. The number of hydrogen-bond acceptors (Lipinski definition) is 5. The molecule has 3 aromatic rings. The molecule has 3 rings (SSSR count). The van der Waals surface area contributed by atoms with Crippen LogP contribution in [0.5, 0.6) is 0 Å². The molecule has 0 fully saturated rings. The van der Waals surface area contributed by atoms with E-state index in [0.29, 0.717) is 17.2 Å². The number of amides is 2. The van der Waals surface area contributed by atoms with Crippen LogP contribution in [0.25, 0.3) is 11.3 Å². The van der Waals surface area contributed by atoms with Crippen LogP contribution in [0, 0.1) is 0 Å². The first-order valence-electron chi connectivity index (χ1n) is 8.30. The lowest BCUT2D eigenvalue weighted by atomic mass is 10.1. The van der Waals surface area contributed by atoms with Crippen molar-refractivity contribution in [1.82, 2.24) is 10.3 Å². The van der Waals surface area contributed by atoms with Gasteiger partial charge in [0.05, 0.1) is 5.69 Å². The maximum atomic E-state index is 12.4. The predicted molar refractivity (Wildman–Crippen MR) is 111 cm³/mol. The summed E-state index contributed by atoms with van der Waals surface area (Å²) in [6.07, 6.45) is 2.04. The van der Waals surface area contributed by atoms with Gasteiger partial charge in [0, 0.05) is 34.9 Å². The average Bonchev–Trinajstić information content (AvgIpc) is 3.15. The van der Waals surface area contributed by atoms with Crippen LogP contribution >= 0.6 is 23.1 Å². The molecule has 0 unspecified atom stereocenters. The number of hydrogen-bond donors (Lipinski definition) is 2. The summed E-state index contributed by atoms with van der Waals surface area (Å²) in [6.45, 7) is 1.92. The Balaban J connectivity index is 1.64. The van der Waals surface area contributed by atoms with Gasteiger partial charge in [-0.2, -0.15) is 0 Å². The smallest absolute Gasteiger partial charge is 0.257 e. The minimum atomic E-state index is -0.209. The molecule has 138 valence electrons. The van der Waals surface area contributed by atoms with Gasteiger partial charge >= 0.3 is 0 Å². The van der Waals surface area contributed by atoms with Crippen molar-refractivity contribution < 1.29 is 9.59 Å². The summed E-state index contributed by atoms with van der Waals surface area (Å²) < 4.78 is 0. The van der Waals surface area contributed by atoms with Gasteiger partial charge in [0.2, 0.25) is 5.91 Å². The quantitative estimate of drug-likeness (QED) is 0.604. The van der Waals surface area contributed by atoms with Gasteiger partial charge in [-0.05, 0) is 36.1 Å². The van der Waals surface area contributed by atoms with Crippen LogP contribution in [0.15, 0.2) is 58.8 Å². The summed E-state index contributed by atoms with van der Waals surface area (Å²) in [4.78, 5) is 29.1. The third-order valence-electron chi connectivity index (χ3n) is 3.87. The zero-order chi connectivity index (χ0) is 19.2. The lowest BCUT2D eigenvalue weighted by Crippen LogP contribution is -2.19. The van der Waals surface area contributed by atoms with Gasteiger partial charge in [-0.25, -0.2) is 4.98 Å². The molecule has 0 aliphatic carbocycles. The Morgan fingerprint density at radius 1 is 1.07 bits per heavy atom. The van der Waals surface area contributed by atoms with Crippen LogP contribution in [0.3, 0.4) is 0 Å². The minimum Gasteiger partial charge on any atom is -0.352 e. The summed E-state index contributed by atoms with van der Waals surface area (Å²) in [7, 11) is 0. The van der Waals surface area contributed by atoms with Gasteiger partial charge < -0.3 is 5.32 Å². The summed E-state index contributed by atoms with van der Waals surface area (Å²) in [5, 5.41) is 8.05. The number of anilines is 1. The van der Waals surface area contributed by atoms with Crippen molar-refractivity contribution in [2.75, 3.05) is 11.6 Å². The third-order valence-corrected chi connectivity index (χ3v) is 5.37. The van der Waals surface area contributed by atoms with E-state index in [4.69, 9.17) is 0 Å². The highest BCUT2D eigenvalue weighted by Gasteiger charge is 2.10. The zero-order valence-corrected chi connectivity index (χ0v) is 16.6. The monoisotopic (exact) mass is 397 g/mol. The number of nitrogens with one attached hydrogen (secondary N) is 2. The second-order valence-corrected chi connectivity index (χ2v) is 7.56. The Bertz CT molecular complexity index is 935. The van der Waals surface area contributed by atoms with Crippen molar-refractivity contribution in [3.63, 3.8) is 0 Å². The highest BCUT2D eigenvalue weighted by Crippen LogP contribution is 2.27. The minimum absolute atomic E-state index is 0.0838. The Morgan fingerprint density at radius 2 is 1.78 bits per heavy atom. The molecular weight excluding hydrogens is 378 g/mol. The molecule has 0 atom stereocenters. The fourth-order valence-electron chi connectivity index (χ4n) is 2.40. The normalized spacial score (nSPS) is 10.4. The average molecular weight is 398 g/mol. The summed E-state index contributed by atoms with van der Waals surface area (Å²) in [5.41, 5.74) is 3.34. The molecule has 2 N–H and O–H groups in total. The van der Waals surface area contributed by atoms with Crippen molar-refractivity contribution in [1.29, 1.82) is 0 Å². The number of aromatic nitrogens is 1. The Labute approximate surface area is 166 Å². The van der Waals surface area contributed by atoms with Gasteiger partial charge in [0.25, 0.3) is 5.91 Å². The maximum Gasteiger partial charge on any atom is 0.257 e. The highest BCUT2D eigenvalue weighted by atomic mass is 32.2. The van der Waals surface area contributed by atoms with Gasteiger partial charge in [-0.1, -0.05) is 24.3 Å². The van der Waals surface area contributed by atoms with E-state index in [-0.39, 0.29) is 11.8 Å². The Morgan fingerprint density at radius 3 is 2.41 bits per heavy atom. The molecular formula is C20H19N3O2S2. The largest absolute Gasteiger partial charge is 0.352 e. The first-order valence-corrected chi connectivity index (χ1v) is 10.4. The lowest BCUT2D eigenvalue weighted by Gasteiger charge is -2.05. The topological polar surface area (TPSA) is 71.1 Å². The third kappa shape index (κ3) is 5.18. The molecule has 0 saturated heterocycles. The van der Waals surface area contributed by atoms with Crippen LogP contribution in [0.1, 0.15) is 22.8 Å². The SMILES string of the molecule is CSc1ccc(-c2csc(NC(=O)c3ccc(CNC(C)=O)cc3)n2)cc1. The van der Waals surface area contributed by atoms with E-state index in [1.807, 2.05) is 35.9 Å². The molecule has 0 aliphatic heterocycles. The van der Waals surface area contributed by atoms with E-state index >= 15 is 0 Å². The number of carbonyl (C=O) groups excluding carboxylic acids is 2. The van der Waals surface area contributed by atoms with E-state index in [0.717, 1.165) is 16.8 Å². The molecule has 7 heteroatoms. The molecule has 0 aliphatic rings. The fourth-order valence-corrected chi connectivity index (χ4v) is 3.52. The van der Waals surface area contributed by atoms with Crippen LogP contribution < -0.4 is 10.6 Å². The van der Waals surface area contributed by atoms with Crippen LogP contribution in [0.2, 0.25) is 0 Å². The Hall–Kier alpha value is -2.64. The molecule has 27 heavy (non-hydrogen) atoms. The summed E-state index contributed by atoms with van der Waals surface area (Å²) >= 11 is 3.09. The highest BCUT2D eigenvalue weighted by molar-refractivity contribution is 7.98. The summed E-state index contributed by atoms with van der Waals surface area (Å²) in [5.74, 6) is -0.292. The van der Waals surface area contributed by atoms with E-state index in [2.05, 4.69) is 27.8 Å². The van der Waals surface area contributed by atoms with E-state index in [1.165, 1.54) is 23.2 Å². The first-order chi connectivity index (χ1) is 13.0. The standard InChI is InChI=1S/C20H19N3O2S2/c1-13(24)21-11-14-3-5-16(6-4-14)19(25)23-20-22-18(12-27-20)15-7-9-17(26-2)10-8-15/h3-10,12H,11H2,1-2H3,(H,21,24)(H,22,23,25). The van der Waals surface area contributed by atoms with Crippen molar-refractivity contribution in [2.24, 2.45) is 0 Å². The number of nitrogens with zero attached hydrogens (tertiary/aromatic N) is 1. The van der Waals surface area contributed by atoms with Crippen molar-refractivity contribution >= 4 is 40.0 Å². The van der Waals surface area contributed by atoms with Crippen LogP contribution in [-0.4, -0.2) is 23.1 Å². The maximum absolute atomic E-state index is 12.4. The van der Waals surface area contributed by atoms with E-state index in [1.54, 1.807) is 23.9 Å². The molecule has 1 aromatic heterocycles. The van der Waals surface area contributed by atoms with Gasteiger partial charge in [-0.3, -0.25) is 14.9 Å².